The van der Waals surface area contributed by atoms with Gasteiger partial charge in [-0.3, -0.25) is 0 Å². The molecule has 7 aliphatic heterocycles. The number of rotatable bonds is 35. The lowest BCUT2D eigenvalue weighted by Gasteiger charge is -2.32. The van der Waals surface area contributed by atoms with Crippen LogP contribution in [0.3, 0.4) is 0 Å². The molecule has 13 heterocycles. The zero-order valence-electron chi connectivity index (χ0n) is 80.6. The minimum absolute atomic E-state index is 0. The Morgan fingerprint density at radius 1 is 0.352 bits per heavy atom. The Labute approximate surface area is 878 Å². The molecule has 19 rings (SSSR count). The fraction of sp³-hybridized carbons (Fsp3) is 0.400. The first-order valence-electron chi connectivity index (χ1n) is 47.7. The monoisotopic (exact) mass is 2070 g/mol. The number of nitrogens with two attached hydrogens (primary N) is 2. The van der Waals surface area contributed by atoms with E-state index >= 15 is 0 Å². The third-order valence-electron chi connectivity index (χ3n) is 24.2. The third kappa shape index (κ3) is 33.6. The average molecular weight is 2070 g/mol. The number of ether oxygens (including phenoxy) is 4. The molecule has 24 nitrogen and oxygen atoms in total. The quantitative estimate of drug-likeness (QED) is 0.0101. The number of fused-ring (bicyclic) bond motifs is 6. The lowest BCUT2D eigenvalue weighted by Crippen LogP contribution is -2.37. The zero-order chi connectivity index (χ0) is 96.3. The highest BCUT2D eigenvalue weighted by Crippen LogP contribution is 2.42. The standard InChI is InChI=1S/C20H25N3S2.C18H23N3OS.C18H23N3S2.C17H22N4OS.C17H21N3OS.C16H20N4OS.4CH4/c21-17(19-4-3-12-24-19)14-16-5-6-18-20(15-16)25-13-11-23(18)10-9-22-7-1-2-8-22;1-2-20-7-8-21-9-10-22-17-13-14(5-6-16(17)21)12-15(19)18-4-3-11-23-18;1-20(2)7-8-21-9-11-23-18-13-14(5-6-16(18)21)12-15(19)17-4-3-10-22-17;1-20(2)7-8-21-9-10-22-15-6-5-13(12-14(15)21)19-17(18)16-4-3-11-23-16;1-19-6-7-20-8-9-21-16-12-13(4-5-15(16)20)11-14(18)17-3-2-10-22-17;1-18-6-7-20-8-9-21-14-5-4-12(11-13(14)20)19-16(17)15-3-2-10-22-15;;;;/h3-6,12,15,21H,1-2,7-11,13-14H2;3-6,11,13,19-20H,2,7-10,12H2,1H3;3-6,10,13,19H,7-9,11-12H2,1-2H3;3-6,11-12H,7-10H2,1-2H3,(H2,18,19);2-5,10,12,18-19H,6-9,11H2,1H3;2-5,10-11,18H,6-9H2,1H3,(H2,17,19);4*1H4. The van der Waals surface area contributed by atoms with Crippen LogP contribution in [0.2, 0.25) is 0 Å². The lowest BCUT2D eigenvalue weighted by molar-refractivity contribution is 0.303. The average Bonchev–Trinajstić information content (AvgIpc) is 1.06. The first-order chi connectivity index (χ1) is 67.4. The predicted molar refractivity (Wildman–Crippen MR) is 620 cm³/mol. The highest BCUT2D eigenvalue weighted by Gasteiger charge is 2.27. The highest BCUT2D eigenvalue weighted by molar-refractivity contribution is 7.99. The maximum atomic E-state index is 8.31. The van der Waals surface area contributed by atoms with E-state index in [0.717, 1.165) is 254 Å². The van der Waals surface area contributed by atoms with Crippen molar-refractivity contribution in [1.29, 1.82) is 21.6 Å². The van der Waals surface area contributed by atoms with E-state index in [-0.39, 0.29) is 29.7 Å². The molecule has 0 radical (unpaired) electrons. The molecule has 1 fully saturated rings. The topological polar surface area (TPSA) is 274 Å². The Morgan fingerprint density at radius 2 is 0.676 bits per heavy atom. The third-order valence-corrected chi connectivity index (χ3v) is 31.7. The van der Waals surface area contributed by atoms with Gasteiger partial charge in [-0.05, 0) is 251 Å². The SMILES string of the molecule is C.C.C.C.CCNCCN1CCOc2cc(CC(=N)c3cccs3)ccc21.CN(C)CCN1CCOc2ccc(N=C(N)c3cccs3)cc21.CN(C)CCN1CCSc2cc(CC(=N)c3cccs3)ccc21.CNCCN1CCOc2cc(CC(=N)c3cccs3)ccc21.CNCCN1CCOc2ccc(N=C(N)c3cccs3)cc21.N=C(Cc1ccc2c(c1)SCCN2CCN1CCCC1)c1cccs1. The molecule has 6 aromatic carbocycles. The van der Waals surface area contributed by atoms with E-state index in [9.17, 15) is 0 Å². The second-order valence-electron chi connectivity index (χ2n) is 34.7. The van der Waals surface area contributed by atoms with Gasteiger partial charge in [-0.25, -0.2) is 9.98 Å². The van der Waals surface area contributed by atoms with Gasteiger partial charge in [0, 0.05) is 158 Å². The van der Waals surface area contributed by atoms with E-state index in [1.165, 1.54) is 76.2 Å². The zero-order valence-corrected chi connectivity index (χ0v) is 87.1. The summed E-state index contributed by atoms with van der Waals surface area (Å²) < 4.78 is 23.1. The molecule has 11 N–H and O–H groups in total. The molecule has 32 heteroatoms. The van der Waals surface area contributed by atoms with Crippen LogP contribution in [0.15, 0.2) is 234 Å². The van der Waals surface area contributed by atoms with E-state index in [1.807, 2.05) is 173 Å². The number of nitrogens with one attached hydrogen (secondary N) is 7. The first-order valence-corrected chi connectivity index (χ1v) is 54.9. The molecule has 762 valence electrons. The summed E-state index contributed by atoms with van der Waals surface area (Å²) in [5.41, 5.74) is 28.7. The fourth-order valence-corrected chi connectivity index (χ4v) is 23.0. The van der Waals surface area contributed by atoms with Gasteiger partial charge in [0.2, 0.25) is 0 Å². The fourth-order valence-electron chi connectivity index (χ4n) is 16.8. The van der Waals surface area contributed by atoms with Gasteiger partial charge in [-0.2, -0.15) is 0 Å². The molecule has 0 amide bonds. The number of thioether (sulfide) groups is 2. The molecule has 7 aliphatic rings. The van der Waals surface area contributed by atoms with Crippen LogP contribution >= 0.6 is 91.5 Å². The van der Waals surface area contributed by atoms with E-state index in [0.29, 0.717) is 48.1 Å². The number of amidine groups is 2. The summed E-state index contributed by atoms with van der Waals surface area (Å²) in [5.74, 6) is 7.14. The molecule has 0 saturated carbocycles. The Kier molecular flexibility index (Phi) is 47.3. The molecule has 0 aliphatic carbocycles. The number of hydrogen-bond acceptors (Lipinski definition) is 30. The van der Waals surface area contributed by atoms with E-state index in [2.05, 4.69) is 184 Å². The van der Waals surface area contributed by atoms with Crippen LogP contribution in [-0.2, 0) is 25.7 Å². The van der Waals surface area contributed by atoms with Gasteiger partial charge in [0.05, 0.1) is 104 Å². The summed E-state index contributed by atoms with van der Waals surface area (Å²) in [6, 6.07) is 62.2. The second-order valence-corrected chi connectivity index (χ2v) is 42.7. The van der Waals surface area contributed by atoms with Crippen molar-refractivity contribution >= 4 is 172 Å². The molecule has 12 aromatic rings. The van der Waals surface area contributed by atoms with Gasteiger partial charge in [-0.15, -0.1) is 91.5 Å². The number of likely N-dealkylation sites (N-methyl/N-ethyl adjacent to an activating group) is 5. The summed E-state index contributed by atoms with van der Waals surface area (Å²) in [7, 11) is 12.4. The van der Waals surface area contributed by atoms with Gasteiger partial charge in [-0.1, -0.05) is 97.3 Å². The highest BCUT2D eigenvalue weighted by atomic mass is 32.2. The maximum Gasteiger partial charge on any atom is 0.142 e. The lowest BCUT2D eigenvalue weighted by atomic mass is 10.1. The molecule has 0 atom stereocenters. The Bertz CT molecular complexity index is 5850. The van der Waals surface area contributed by atoms with Gasteiger partial charge < -0.3 is 112 Å². The van der Waals surface area contributed by atoms with Crippen LogP contribution in [0.1, 0.15) is 101 Å². The smallest absolute Gasteiger partial charge is 0.142 e. The minimum atomic E-state index is 0. The summed E-state index contributed by atoms with van der Waals surface area (Å²) in [4.78, 5) is 39.5. The second kappa shape index (κ2) is 59.1. The molecule has 6 aromatic heterocycles. The summed E-state index contributed by atoms with van der Waals surface area (Å²) in [6.45, 7) is 26.8. The van der Waals surface area contributed by atoms with Gasteiger partial charge in [0.1, 0.15) is 61.1 Å². The van der Waals surface area contributed by atoms with Crippen LogP contribution in [0.4, 0.5) is 45.5 Å². The molecular formula is C110H150N20O4S8. The largest absolute Gasteiger partial charge is 0.490 e. The molecule has 0 unspecified atom stereocenters. The normalized spacial score (nSPS) is 14.3. The van der Waals surface area contributed by atoms with E-state index < -0.39 is 0 Å². The van der Waals surface area contributed by atoms with Crippen molar-refractivity contribution in [2.45, 2.75) is 84.9 Å². The number of hydrogen-bond donors (Lipinski definition) is 9. The van der Waals surface area contributed by atoms with Crippen LogP contribution in [0.25, 0.3) is 0 Å². The summed E-state index contributed by atoms with van der Waals surface area (Å²) >= 11 is 13.6. The van der Waals surface area contributed by atoms with Crippen molar-refractivity contribution in [3.63, 3.8) is 0 Å². The van der Waals surface area contributed by atoms with Crippen molar-refractivity contribution in [2.75, 3.05) is 247 Å². The van der Waals surface area contributed by atoms with Crippen molar-refractivity contribution in [1.82, 2.24) is 30.7 Å². The van der Waals surface area contributed by atoms with Crippen LogP contribution in [0.5, 0.6) is 23.0 Å². The van der Waals surface area contributed by atoms with Crippen LogP contribution in [-0.4, -0.2) is 267 Å². The Balaban J connectivity index is 0.000000174. The molecule has 0 bridgehead atoms. The van der Waals surface area contributed by atoms with Crippen molar-refractivity contribution in [3.8, 4) is 23.0 Å². The van der Waals surface area contributed by atoms with Crippen LogP contribution in [0, 0.1) is 21.6 Å². The summed E-state index contributed by atoms with van der Waals surface area (Å²) in [5, 5.41) is 54.9. The van der Waals surface area contributed by atoms with E-state index in [4.69, 9.17) is 52.1 Å². The van der Waals surface area contributed by atoms with Crippen molar-refractivity contribution in [3.05, 3.63) is 266 Å². The number of nitrogens with zero attached hydrogens (tertiary/aromatic N) is 11. The number of likely N-dealkylation sites (tertiary alicyclic amines) is 1. The molecule has 142 heavy (non-hydrogen) atoms. The van der Waals surface area contributed by atoms with Gasteiger partial charge in [0.15, 0.2) is 0 Å². The number of anilines is 6. The minimum Gasteiger partial charge on any atom is -0.490 e. The van der Waals surface area contributed by atoms with Gasteiger partial charge in [0.25, 0.3) is 0 Å². The van der Waals surface area contributed by atoms with Crippen LogP contribution < -0.4 is 75.8 Å². The predicted octanol–water partition coefficient (Wildman–Crippen LogP) is 21.4. The number of benzene rings is 6. The van der Waals surface area contributed by atoms with Crippen molar-refractivity contribution < 1.29 is 18.9 Å². The molecule has 1 saturated heterocycles. The molecule has 0 spiro atoms. The number of aliphatic imine (C=N–C) groups is 2. The van der Waals surface area contributed by atoms with E-state index in [1.54, 1.807) is 68.0 Å². The Hall–Kier alpha value is -10.4. The van der Waals surface area contributed by atoms with Crippen molar-refractivity contribution in [2.24, 2.45) is 21.5 Å². The number of thiophene rings is 6. The van der Waals surface area contributed by atoms with Gasteiger partial charge >= 0.3 is 0 Å². The first kappa shape index (κ1) is 114. The maximum absolute atomic E-state index is 8.31. The molecular weight excluding hydrogens is 1920 g/mol. The summed E-state index contributed by atoms with van der Waals surface area (Å²) in [6.07, 6.45) is 5.47. The Morgan fingerprint density at radius 3 is 1.03 bits per heavy atom.